The standard InChI is InChI=1S/C18H24N2O3S2/c1-11(2)7-17(21)19-18-20(14-8-12(3)5-6-13(14)4)15-9-25(22,23)10-16(15)24-18/h5-6,8,11,15-16H,7,9-10H2,1-4H3/t15-,16-/m1/s1. The Morgan fingerprint density at radius 2 is 2.04 bits per heavy atom. The van der Waals surface area contributed by atoms with Gasteiger partial charge in [-0.15, -0.1) is 0 Å². The molecule has 0 bridgehead atoms. The summed E-state index contributed by atoms with van der Waals surface area (Å²) in [5.74, 6) is 0.379. The van der Waals surface area contributed by atoms with Crippen molar-refractivity contribution < 1.29 is 13.2 Å². The molecule has 2 aliphatic heterocycles. The summed E-state index contributed by atoms with van der Waals surface area (Å²) in [5.41, 5.74) is 3.11. The van der Waals surface area contributed by atoms with E-state index in [0.29, 0.717) is 11.6 Å². The molecule has 2 aliphatic rings. The molecule has 0 unspecified atom stereocenters. The summed E-state index contributed by atoms with van der Waals surface area (Å²) in [6, 6.07) is 5.96. The Labute approximate surface area is 153 Å². The Balaban J connectivity index is 2.02. The number of rotatable bonds is 3. The molecule has 0 spiro atoms. The van der Waals surface area contributed by atoms with E-state index in [9.17, 15) is 13.2 Å². The molecule has 2 saturated heterocycles. The van der Waals surface area contributed by atoms with Gasteiger partial charge in [0.2, 0.25) is 5.91 Å². The molecule has 3 rings (SSSR count). The number of hydrogen-bond acceptors (Lipinski definition) is 4. The zero-order valence-electron chi connectivity index (χ0n) is 15.0. The number of aliphatic imine (C=N–C) groups is 1. The first-order valence-corrected chi connectivity index (χ1v) is 11.2. The normalized spacial score (nSPS) is 26.4. The monoisotopic (exact) mass is 380 g/mol. The average molecular weight is 381 g/mol. The zero-order valence-corrected chi connectivity index (χ0v) is 16.7. The van der Waals surface area contributed by atoms with Crippen LogP contribution in [0.4, 0.5) is 5.69 Å². The van der Waals surface area contributed by atoms with E-state index in [-0.39, 0.29) is 34.6 Å². The fraction of sp³-hybridized carbons (Fsp3) is 0.556. The van der Waals surface area contributed by atoms with Gasteiger partial charge in [-0.3, -0.25) is 4.79 Å². The fourth-order valence-electron chi connectivity index (χ4n) is 3.33. The number of amidine groups is 1. The van der Waals surface area contributed by atoms with E-state index < -0.39 is 9.84 Å². The number of aryl methyl sites for hydroxylation is 2. The van der Waals surface area contributed by atoms with E-state index in [1.165, 1.54) is 11.8 Å². The van der Waals surface area contributed by atoms with E-state index in [0.717, 1.165) is 16.8 Å². The third kappa shape index (κ3) is 3.92. The minimum Gasteiger partial charge on any atom is -0.315 e. The lowest BCUT2D eigenvalue weighted by Gasteiger charge is -2.26. The lowest BCUT2D eigenvalue weighted by atomic mass is 10.1. The summed E-state index contributed by atoms with van der Waals surface area (Å²) >= 11 is 1.43. The Morgan fingerprint density at radius 1 is 1.32 bits per heavy atom. The van der Waals surface area contributed by atoms with Gasteiger partial charge in [0.25, 0.3) is 0 Å². The van der Waals surface area contributed by atoms with E-state index in [1.54, 1.807) is 0 Å². The second-order valence-corrected chi connectivity index (χ2v) is 10.7. The van der Waals surface area contributed by atoms with Crippen LogP contribution in [0.1, 0.15) is 31.4 Å². The molecule has 0 radical (unpaired) electrons. The number of hydrogen-bond donors (Lipinski definition) is 0. The number of anilines is 1. The first-order valence-electron chi connectivity index (χ1n) is 8.51. The minimum absolute atomic E-state index is 0.0597. The second-order valence-electron chi connectivity index (χ2n) is 7.35. The number of sulfone groups is 1. The van der Waals surface area contributed by atoms with Gasteiger partial charge in [-0.1, -0.05) is 37.7 Å². The topological polar surface area (TPSA) is 66.8 Å². The van der Waals surface area contributed by atoms with Gasteiger partial charge in [0.1, 0.15) is 0 Å². The van der Waals surface area contributed by atoms with Gasteiger partial charge in [0.15, 0.2) is 15.0 Å². The Morgan fingerprint density at radius 3 is 2.72 bits per heavy atom. The highest BCUT2D eigenvalue weighted by Gasteiger charge is 2.49. The first-order chi connectivity index (χ1) is 11.7. The van der Waals surface area contributed by atoms with Crippen LogP contribution in [0.15, 0.2) is 23.2 Å². The molecule has 136 valence electrons. The predicted molar refractivity (Wildman–Crippen MR) is 104 cm³/mol. The smallest absolute Gasteiger partial charge is 0.248 e. The third-order valence-corrected chi connectivity index (χ3v) is 7.70. The Hall–Kier alpha value is -1.34. The van der Waals surface area contributed by atoms with E-state index in [2.05, 4.69) is 4.99 Å². The Bertz CT molecular complexity index is 831. The van der Waals surface area contributed by atoms with Crippen LogP contribution in [-0.2, 0) is 14.6 Å². The fourth-order valence-corrected chi connectivity index (χ4v) is 7.25. The molecule has 1 amide bonds. The van der Waals surface area contributed by atoms with Crippen LogP contribution >= 0.6 is 11.8 Å². The van der Waals surface area contributed by atoms with Crippen molar-refractivity contribution in [2.24, 2.45) is 10.9 Å². The van der Waals surface area contributed by atoms with Crippen molar-refractivity contribution in [3.05, 3.63) is 29.3 Å². The summed E-state index contributed by atoms with van der Waals surface area (Å²) < 4.78 is 24.2. The maximum atomic E-state index is 12.2. The average Bonchev–Trinajstić information content (AvgIpc) is 2.92. The van der Waals surface area contributed by atoms with Crippen molar-refractivity contribution in [2.45, 2.75) is 45.4 Å². The molecule has 2 atom stereocenters. The highest BCUT2D eigenvalue weighted by molar-refractivity contribution is 8.16. The van der Waals surface area contributed by atoms with Gasteiger partial charge in [-0.2, -0.15) is 4.99 Å². The van der Waals surface area contributed by atoms with Crippen LogP contribution in [0, 0.1) is 19.8 Å². The van der Waals surface area contributed by atoms with Gasteiger partial charge in [-0.25, -0.2) is 8.42 Å². The largest absolute Gasteiger partial charge is 0.315 e. The minimum atomic E-state index is -3.04. The predicted octanol–water partition coefficient (Wildman–Crippen LogP) is 2.95. The van der Waals surface area contributed by atoms with E-state index >= 15 is 0 Å². The number of thioether (sulfide) groups is 1. The molecule has 7 heteroatoms. The maximum Gasteiger partial charge on any atom is 0.248 e. The number of carbonyl (C=O) groups excluding carboxylic acids is 1. The lowest BCUT2D eigenvalue weighted by molar-refractivity contribution is -0.118. The molecule has 0 N–H and O–H groups in total. The van der Waals surface area contributed by atoms with E-state index in [1.807, 2.05) is 50.8 Å². The Kier molecular flexibility index (Phi) is 4.99. The molecule has 25 heavy (non-hydrogen) atoms. The zero-order chi connectivity index (χ0) is 18.4. The van der Waals surface area contributed by atoms with Crippen molar-refractivity contribution >= 4 is 38.4 Å². The summed E-state index contributed by atoms with van der Waals surface area (Å²) in [7, 11) is -3.04. The number of benzene rings is 1. The highest BCUT2D eigenvalue weighted by atomic mass is 32.2. The van der Waals surface area contributed by atoms with Crippen molar-refractivity contribution in [1.82, 2.24) is 0 Å². The number of carbonyl (C=O) groups is 1. The van der Waals surface area contributed by atoms with Crippen molar-refractivity contribution in [2.75, 3.05) is 16.4 Å². The van der Waals surface area contributed by atoms with Crippen LogP contribution in [0.2, 0.25) is 0 Å². The molecule has 1 aromatic rings. The van der Waals surface area contributed by atoms with E-state index in [4.69, 9.17) is 0 Å². The molecule has 0 aliphatic carbocycles. The number of nitrogens with zero attached hydrogens (tertiary/aromatic N) is 2. The van der Waals surface area contributed by atoms with Crippen LogP contribution in [-0.4, -0.2) is 42.3 Å². The summed E-state index contributed by atoms with van der Waals surface area (Å²) in [4.78, 5) is 18.6. The molecule has 0 aromatic heterocycles. The molecular weight excluding hydrogens is 356 g/mol. The van der Waals surface area contributed by atoms with Gasteiger partial charge in [0, 0.05) is 17.4 Å². The third-order valence-electron chi connectivity index (χ3n) is 4.49. The number of fused-ring (bicyclic) bond motifs is 1. The molecular formula is C18H24N2O3S2. The van der Waals surface area contributed by atoms with Crippen LogP contribution in [0.5, 0.6) is 0 Å². The van der Waals surface area contributed by atoms with Crippen molar-refractivity contribution in [3.8, 4) is 0 Å². The van der Waals surface area contributed by atoms with Crippen LogP contribution in [0.25, 0.3) is 0 Å². The quantitative estimate of drug-likeness (QED) is 0.806. The van der Waals surface area contributed by atoms with Gasteiger partial charge >= 0.3 is 0 Å². The molecule has 0 saturated carbocycles. The van der Waals surface area contributed by atoms with Gasteiger partial charge < -0.3 is 4.90 Å². The summed E-state index contributed by atoms with van der Waals surface area (Å²) in [6.07, 6.45) is 0.401. The maximum absolute atomic E-state index is 12.2. The molecule has 2 heterocycles. The van der Waals surface area contributed by atoms with Crippen molar-refractivity contribution in [3.63, 3.8) is 0 Å². The molecule has 1 aromatic carbocycles. The summed E-state index contributed by atoms with van der Waals surface area (Å²) in [5, 5.41) is 0.583. The number of amides is 1. The lowest BCUT2D eigenvalue weighted by Crippen LogP contribution is -2.38. The van der Waals surface area contributed by atoms with Crippen LogP contribution in [0.3, 0.4) is 0 Å². The molecule has 5 nitrogen and oxygen atoms in total. The SMILES string of the molecule is Cc1ccc(C)c(N2C(=NC(=O)CC(C)C)S[C@@H]3CS(=O)(=O)C[C@H]32)c1. The van der Waals surface area contributed by atoms with Crippen LogP contribution < -0.4 is 4.90 Å². The summed E-state index contributed by atoms with van der Waals surface area (Å²) in [6.45, 7) is 7.99. The second kappa shape index (κ2) is 6.76. The van der Waals surface area contributed by atoms with Crippen molar-refractivity contribution in [1.29, 1.82) is 0 Å². The van der Waals surface area contributed by atoms with Gasteiger partial charge in [-0.05, 0) is 37.0 Å². The van der Waals surface area contributed by atoms with Gasteiger partial charge in [0.05, 0.1) is 17.5 Å². The highest BCUT2D eigenvalue weighted by Crippen LogP contribution is 2.42. The molecule has 2 fully saturated rings. The first kappa shape index (κ1) is 18.5.